The molecule has 0 spiro atoms. The number of carbonyl (C=O) groups excluding carboxylic acids is 2. The summed E-state index contributed by atoms with van der Waals surface area (Å²) in [5, 5.41) is 11.5. The molecule has 0 radical (unpaired) electrons. The Hall–Kier alpha value is -2.08. The van der Waals surface area contributed by atoms with Gasteiger partial charge in [0.1, 0.15) is 11.3 Å². The van der Waals surface area contributed by atoms with Crippen LogP contribution in [0.5, 0.6) is 5.75 Å². The van der Waals surface area contributed by atoms with Gasteiger partial charge in [-0.15, -0.1) is 0 Å². The van der Waals surface area contributed by atoms with Crippen LogP contribution in [0.4, 0.5) is 4.79 Å². The van der Waals surface area contributed by atoms with Crippen molar-refractivity contribution in [1.29, 1.82) is 0 Å². The van der Waals surface area contributed by atoms with Crippen molar-refractivity contribution in [3.05, 3.63) is 29.8 Å². The molecule has 1 atom stereocenters. The lowest BCUT2D eigenvalue weighted by Crippen LogP contribution is -2.41. The molecule has 1 fully saturated rings. The number of amides is 3. The van der Waals surface area contributed by atoms with Gasteiger partial charge in [0.2, 0.25) is 0 Å². The lowest BCUT2D eigenvalue weighted by molar-refractivity contribution is -0.131. The normalized spacial score (nSPS) is 22.6. The molecule has 0 saturated carbocycles. The van der Waals surface area contributed by atoms with E-state index >= 15 is 0 Å². The molecule has 1 saturated heterocycles. The van der Waals surface area contributed by atoms with Crippen LogP contribution < -0.4 is 10.1 Å². The zero-order valence-electron chi connectivity index (χ0n) is 10.8. The zero-order chi connectivity index (χ0) is 14.0. The minimum absolute atomic E-state index is 0.00970. The first kappa shape index (κ1) is 13.4. The van der Waals surface area contributed by atoms with Crippen LogP contribution in [0.3, 0.4) is 0 Å². The van der Waals surface area contributed by atoms with E-state index in [1.165, 1.54) is 7.11 Å². The third kappa shape index (κ3) is 2.15. The van der Waals surface area contributed by atoms with Crippen LogP contribution in [-0.4, -0.2) is 42.2 Å². The molecule has 2 N–H and O–H groups in total. The largest absolute Gasteiger partial charge is 0.497 e. The Morgan fingerprint density at radius 2 is 2.16 bits per heavy atom. The number of aliphatic hydroxyl groups is 1. The fraction of sp³-hybridized carbons (Fsp3) is 0.385. The molecule has 1 aliphatic rings. The Labute approximate surface area is 111 Å². The minimum atomic E-state index is -1.12. The van der Waals surface area contributed by atoms with Gasteiger partial charge in [-0.1, -0.05) is 12.1 Å². The number of methoxy groups -OCH3 is 1. The van der Waals surface area contributed by atoms with Crippen molar-refractivity contribution >= 4 is 11.9 Å². The summed E-state index contributed by atoms with van der Waals surface area (Å²) in [4.78, 5) is 25.1. The van der Waals surface area contributed by atoms with E-state index < -0.39 is 11.6 Å². The molecule has 0 aromatic heterocycles. The zero-order valence-corrected chi connectivity index (χ0v) is 10.8. The molecule has 0 aliphatic carbocycles. The van der Waals surface area contributed by atoms with Crippen molar-refractivity contribution in [2.45, 2.75) is 12.5 Å². The predicted molar refractivity (Wildman–Crippen MR) is 67.7 cm³/mol. The highest BCUT2D eigenvalue weighted by Gasteiger charge is 2.48. The fourth-order valence-electron chi connectivity index (χ4n) is 2.13. The van der Waals surface area contributed by atoms with Crippen molar-refractivity contribution in [3.63, 3.8) is 0 Å². The number of urea groups is 1. The third-order valence-corrected chi connectivity index (χ3v) is 3.25. The molecule has 6 nitrogen and oxygen atoms in total. The maximum absolute atomic E-state index is 12.3. The summed E-state index contributed by atoms with van der Waals surface area (Å²) >= 11 is 0. The van der Waals surface area contributed by atoms with E-state index in [2.05, 4.69) is 5.32 Å². The number of nitrogens with one attached hydrogen (secondary N) is 1. The van der Waals surface area contributed by atoms with Crippen molar-refractivity contribution in [1.82, 2.24) is 10.2 Å². The highest BCUT2D eigenvalue weighted by molar-refractivity contribution is 6.07. The molecule has 0 bridgehead atoms. The molecule has 6 heteroatoms. The molecular weight excluding hydrogens is 248 g/mol. The van der Waals surface area contributed by atoms with Gasteiger partial charge < -0.3 is 15.2 Å². The van der Waals surface area contributed by atoms with E-state index in [0.717, 1.165) is 4.90 Å². The maximum Gasteiger partial charge on any atom is 0.325 e. The van der Waals surface area contributed by atoms with Gasteiger partial charge in [0, 0.05) is 0 Å². The van der Waals surface area contributed by atoms with Gasteiger partial charge in [0.15, 0.2) is 0 Å². The van der Waals surface area contributed by atoms with Gasteiger partial charge >= 0.3 is 6.03 Å². The highest BCUT2D eigenvalue weighted by atomic mass is 16.5. The molecule has 2 rings (SSSR count). The highest BCUT2D eigenvalue weighted by Crippen LogP contribution is 2.30. The second kappa shape index (κ2) is 4.89. The lowest BCUT2D eigenvalue weighted by Gasteiger charge is -2.22. The number of carbonyl (C=O) groups is 2. The van der Waals surface area contributed by atoms with Crippen LogP contribution in [0.15, 0.2) is 24.3 Å². The maximum atomic E-state index is 12.3. The van der Waals surface area contributed by atoms with Crippen LogP contribution in [0.25, 0.3) is 0 Å². The predicted octanol–water partition coefficient (Wildman–Crippen LogP) is 0.454. The second-order valence-corrected chi connectivity index (χ2v) is 4.47. The quantitative estimate of drug-likeness (QED) is 0.774. The van der Waals surface area contributed by atoms with Gasteiger partial charge in [-0.3, -0.25) is 9.69 Å². The van der Waals surface area contributed by atoms with E-state index in [1.54, 1.807) is 31.2 Å². The molecule has 102 valence electrons. The minimum Gasteiger partial charge on any atom is -0.497 e. The van der Waals surface area contributed by atoms with E-state index in [1.807, 2.05) is 0 Å². The van der Waals surface area contributed by atoms with Crippen molar-refractivity contribution in [2.24, 2.45) is 0 Å². The first-order chi connectivity index (χ1) is 9.02. The molecule has 1 aliphatic heterocycles. The molecule has 1 aromatic rings. The summed E-state index contributed by atoms with van der Waals surface area (Å²) in [5.74, 6) is 0.237. The summed E-state index contributed by atoms with van der Waals surface area (Å²) in [6.45, 7) is 1.37. The number of rotatable bonds is 4. The average Bonchev–Trinajstić information content (AvgIpc) is 2.64. The summed E-state index contributed by atoms with van der Waals surface area (Å²) in [6.07, 6.45) is 0. The smallest absolute Gasteiger partial charge is 0.325 e. The molecule has 1 unspecified atom stereocenters. The van der Waals surface area contributed by atoms with Crippen LogP contribution in [0, 0.1) is 0 Å². The Morgan fingerprint density at radius 1 is 1.42 bits per heavy atom. The number of β-amino-alcohol motifs (C(OH)–C–C–N with tert-alkyl or cyclic N) is 1. The number of benzene rings is 1. The van der Waals surface area contributed by atoms with Crippen molar-refractivity contribution in [3.8, 4) is 5.75 Å². The topological polar surface area (TPSA) is 78.9 Å². The second-order valence-electron chi connectivity index (χ2n) is 4.47. The fourth-order valence-corrected chi connectivity index (χ4v) is 2.13. The van der Waals surface area contributed by atoms with Crippen molar-refractivity contribution in [2.75, 3.05) is 20.3 Å². The van der Waals surface area contributed by atoms with E-state index in [-0.39, 0.29) is 19.1 Å². The third-order valence-electron chi connectivity index (χ3n) is 3.25. The number of hydrogen-bond acceptors (Lipinski definition) is 4. The van der Waals surface area contributed by atoms with E-state index in [4.69, 9.17) is 9.84 Å². The van der Waals surface area contributed by atoms with Gasteiger partial charge in [-0.25, -0.2) is 4.79 Å². The molecule has 3 amide bonds. The standard InChI is InChI=1S/C13H16N2O4/c1-13(9-4-3-5-10(8-9)19-2)11(17)15(6-7-16)12(18)14-13/h3-5,8,16H,6-7H2,1-2H3,(H,14,18). The molecular formula is C13H16N2O4. The Kier molecular flexibility index (Phi) is 3.44. The van der Waals surface area contributed by atoms with Gasteiger partial charge in [0.05, 0.1) is 20.3 Å². The summed E-state index contributed by atoms with van der Waals surface area (Å²) in [7, 11) is 1.54. The number of ether oxygens (including phenoxy) is 1. The Balaban J connectivity index is 2.37. The summed E-state index contributed by atoms with van der Waals surface area (Å²) < 4.78 is 5.12. The lowest BCUT2D eigenvalue weighted by atomic mass is 9.92. The van der Waals surface area contributed by atoms with E-state index in [0.29, 0.717) is 11.3 Å². The molecule has 1 heterocycles. The van der Waals surface area contributed by atoms with Gasteiger partial charge in [-0.05, 0) is 24.6 Å². The van der Waals surface area contributed by atoms with Crippen LogP contribution >= 0.6 is 0 Å². The number of aliphatic hydroxyl groups excluding tert-OH is 1. The van der Waals surface area contributed by atoms with Gasteiger partial charge in [0.25, 0.3) is 5.91 Å². The average molecular weight is 264 g/mol. The monoisotopic (exact) mass is 264 g/mol. The number of imide groups is 1. The van der Waals surface area contributed by atoms with Crippen molar-refractivity contribution < 1.29 is 19.4 Å². The number of hydrogen-bond donors (Lipinski definition) is 2. The summed E-state index contributed by atoms with van der Waals surface area (Å²) in [5.41, 5.74) is -0.480. The Bertz CT molecular complexity index is 517. The van der Waals surface area contributed by atoms with Gasteiger partial charge in [-0.2, -0.15) is 0 Å². The van der Waals surface area contributed by atoms with Crippen LogP contribution in [-0.2, 0) is 10.3 Å². The Morgan fingerprint density at radius 3 is 2.79 bits per heavy atom. The summed E-state index contributed by atoms with van der Waals surface area (Å²) in [6, 6.07) is 6.49. The first-order valence-corrected chi connectivity index (χ1v) is 5.92. The van der Waals surface area contributed by atoms with Crippen LogP contribution in [0.2, 0.25) is 0 Å². The SMILES string of the molecule is COc1cccc(C2(C)NC(=O)N(CCO)C2=O)c1. The van der Waals surface area contributed by atoms with Crippen LogP contribution in [0.1, 0.15) is 12.5 Å². The van der Waals surface area contributed by atoms with E-state index in [9.17, 15) is 9.59 Å². The molecule has 1 aromatic carbocycles. The first-order valence-electron chi connectivity index (χ1n) is 5.92. The number of nitrogens with zero attached hydrogens (tertiary/aromatic N) is 1. The molecule has 19 heavy (non-hydrogen) atoms.